The van der Waals surface area contributed by atoms with Crippen LogP contribution in [-0.4, -0.2) is 78.3 Å². The molecule has 0 bridgehead atoms. The highest BCUT2D eigenvalue weighted by Gasteiger charge is 2.23. The van der Waals surface area contributed by atoms with Crippen molar-refractivity contribution in [1.82, 2.24) is 34.4 Å². The average molecular weight is 422 g/mol. The van der Waals surface area contributed by atoms with Crippen LogP contribution in [0.1, 0.15) is 25.0 Å². The van der Waals surface area contributed by atoms with Gasteiger partial charge in [-0.15, -0.1) is 0 Å². The molecule has 3 N–H and O–H groups in total. The summed E-state index contributed by atoms with van der Waals surface area (Å²) in [5.74, 6) is 0.337. The van der Waals surface area contributed by atoms with Crippen molar-refractivity contribution in [1.29, 1.82) is 5.26 Å². The predicted octanol–water partition coefficient (Wildman–Crippen LogP) is -1.51. The van der Waals surface area contributed by atoms with Gasteiger partial charge in [-0.25, -0.2) is 9.79 Å². The molecule has 1 saturated carbocycles. The largest absolute Gasteiger partial charge is 0.493 e. The molecule has 0 radical (unpaired) electrons. The van der Waals surface area contributed by atoms with Crippen LogP contribution < -0.4 is 21.4 Å². The topological polar surface area (TPSA) is 155 Å². The Hall–Kier alpha value is -3.72. The molecule has 1 aliphatic carbocycles. The highest BCUT2D eigenvalue weighted by atomic mass is 16.3. The van der Waals surface area contributed by atoms with Crippen LogP contribution in [0.3, 0.4) is 0 Å². The van der Waals surface area contributed by atoms with Gasteiger partial charge in [-0.05, 0) is 18.9 Å². The SMILES string of the molecule is N#CCCN1CCN(c2nc(=NC3CC3)n3ncc(=Cc4[nH]c(=O)[nH]c4O)c3n2)CC1. The molecule has 12 nitrogen and oxygen atoms in total. The lowest BCUT2D eigenvalue weighted by atomic mass is 10.3. The van der Waals surface area contributed by atoms with Crippen molar-refractivity contribution in [3.05, 3.63) is 33.2 Å². The van der Waals surface area contributed by atoms with Crippen LogP contribution in [0, 0.1) is 11.3 Å². The number of nitrogens with one attached hydrogen (secondary N) is 2. The number of aromatic amines is 2. The summed E-state index contributed by atoms with van der Waals surface area (Å²) in [5.41, 5.74) is 0.819. The van der Waals surface area contributed by atoms with Gasteiger partial charge in [-0.3, -0.25) is 9.88 Å². The minimum atomic E-state index is -0.491. The zero-order valence-electron chi connectivity index (χ0n) is 16.8. The number of hydrogen-bond donors (Lipinski definition) is 3. The zero-order valence-corrected chi connectivity index (χ0v) is 16.8. The minimum absolute atomic E-state index is 0.241. The molecule has 3 aromatic heterocycles. The lowest BCUT2D eigenvalue weighted by Crippen LogP contribution is -2.47. The van der Waals surface area contributed by atoms with E-state index in [4.69, 9.17) is 15.2 Å². The van der Waals surface area contributed by atoms with E-state index in [-0.39, 0.29) is 17.6 Å². The molecule has 12 heteroatoms. The molecule has 4 heterocycles. The number of rotatable bonds is 5. The molecule has 2 aliphatic rings. The molecule has 0 atom stereocenters. The van der Waals surface area contributed by atoms with E-state index in [2.05, 4.69) is 35.9 Å². The number of nitrogens with zero attached hydrogens (tertiary/aromatic N) is 8. The van der Waals surface area contributed by atoms with Crippen LogP contribution in [0.4, 0.5) is 5.95 Å². The van der Waals surface area contributed by atoms with Gasteiger partial charge in [-0.2, -0.15) is 24.8 Å². The van der Waals surface area contributed by atoms with Crippen LogP contribution >= 0.6 is 0 Å². The highest BCUT2D eigenvalue weighted by molar-refractivity contribution is 5.57. The fourth-order valence-electron chi connectivity index (χ4n) is 3.59. The van der Waals surface area contributed by atoms with Crippen molar-refractivity contribution < 1.29 is 5.11 Å². The van der Waals surface area contributed by atoms with Crippen molar-refractivity contribution in [2.75, 3.05) is 37.6 Å². The maximum atomic E-state index is 11.5. The third-order valence-corrected chi connectivity index (χ3v) is 5.44. The van der Waals surface area contributed by atoms with E-state index in [1.807, 2.05) is 0 Å². The van der Waals surface area contributed by atoms with Gasteiger partial charge in [0.15, 0.2) is 5.65 Å². The average Bonchev–Trinajstić information content (AvgIpc) is 3.40. The lowest BCUT2D eigenvalue weighted by molar-refractivity contribution is 0.262. The second kappa shape index (κ2) is 7.84. The first kappa shape index (κ1) is 19.3. The Kier molecular flexibility index (Phi) is 4.87. The summed E-state index contributed by atoms with van der Waals surface area (Å²) in [6, 6.07) is 2.45. The summed E-state index contributed by atoms with van der Waals surface area (Å²) >= 11 is 0. The van der Waals surface area contributed by atoms with Crippen molar-refractivity contribution in [2.45, 2.75) is 25.3 Å². The van der Waals surface area contributed by atoms with E-state index >= 15 is 0 Å². The molecule has 160 valence electrons. The molecule has 0 spiro atoms. The first-order valence-electron chi connectivity index (χ1n) is 10.3. The van der Waals surface area contributed by atoms with Crippen LogP contribution in [0.15, 0.2) is 16.0 Å². The van der Waals surface area contributed by atoms with Gasteiger partial charge in [0.25, 0.3) is 5.62 Å². The number of H-pyrrole nitrogens is 2. The smallest absolute Gasteiger partial charge is 0.326 e. The van der Waals surface area contributed by atoms with Gasteiger partial charge in [0, 0.05) is 44.4 Å². The number of fused-ring (bicyclic) bond motifs is 1. The third-order valence-electron chi connectivity index (χ3n) is 5.44. The first-order chi connectivity index (χ1) is 15.1. The summed E-state index contributed by atoms with van der Waals surface area (Å²) in [7, 11) is 0. The quantitative estimate of drug-likeness (QED) is 0.448. The Labute approximate surface area is 176 Å². The monoisotopic (exact) mass is 422 g/mol. The summed E-state index contributed by atoms with van der Waals surface area (Å²) in [4.78, 5) is 34.8. The molecule has 1 aliphatic heterocycles. The summed E-state index contributed by atoms with van der Waals surface area (Å²) in [6.45, 7) is 3.95. The number of hydrogen-bond acceptors (Lipinski definition) is 9. The number of nitriles is 1. The van der Waals surface area contributed by atoms with E-state index in [1.165, 1.54) is 0 Å². The fraction of sp³-hybridized carbons (Fsp3) is 0.474. The molecule has 0 unspecified atom stereocenters. The van der Waals surface area contributed by atoms with Gasteiger partial charge in [0.05, 0.1) is 18.3 Å². The minimum Gasteiger partial charge on any atom is -0.493 e. The lowest BCUT2D eigenvalue weighted by Gasteiger charge is -2.34. The summed E-state index contributed by atoms with van der Waals surface area (Å²) in [6.07, 6.45) is 5.83. The summed E-state index contributed by atoms with van der Waals surface area (Å²) < 4.78 is 1.60. The molecule has 0 amide bonds. The van der Waals surface area contributed by atoms with Crippen molar-refractivity contribution in [2.24, 2.45) is 4.99 Å². The van der Waals surface area contributed by atoms with Gasteiger partial charge in [0.2, 0.25) is 11.8 Å². The molecule has 31 heavy (non-hydrogen) atoms. The third kappa shape index (κ3) is 3.99. The van der Waals surface area contributed by atoms with E-state index in [0.29, 0.717) is 28.9 Å². The first-order valence-corrected chi connectivity index (χ1v) is 10.3. The van der Waals surface area contributed by atoms with Crippen LogP contribution in [0.5, 0.6) is 5.88 Å². The second-order valence-corrected chi connectivity index (χ2v) is 7.74. The number of imidazole rings is 1. The van der Waals surface area contributed by atoms with Crippen molar-refractivity contribution >= 4 is 17.7 Å². The number of anilines is 1. The van der Waals surface area contributed by atoms with E-state index in [9.17, 15) is 9.90 Å². The maximum absolute atomic E-state index is 11.5. The van der Waals surface area contributed by atoms with Crippen LogP contribution in [-0.2, 0) is 0 Å². The van der Waals surface area contributed by atoms with Gasteiger partial charge in [0.1, 0.15) is 5.69 Å². The maximum Gasteiger partial charge on any atom is 0.326 e. The molecule has 2 fully saturated rings. The highest BCUT2D eigenvalue weighted by Crippen LogP contribution is 2.22. The molecular formula is C19H22N10O2. The van der Waals surface area contributed by atoms with Crippen LogP contribution in [0.25, 0.3) is 11.7 Å². The standard InChI is InChI=1S/C19H22N10O2/c20-4-1-5-27-6-8-28(9-7-27)17-24-15-12(10-14-16(30)25-19(31)23-14)11-21-29(15)18(26-17)22-13-2-3-13/h10-11,13,30H,1-3,5-9H2,(H2,23,25,31). The van der Waals surface area contributed by atoms with Gasteiger partial charge >= 0.3 is 5.69 Å². The Morgan fingerprint density at radius 3 is 2.74 bits per heavy atom. The molecule has 3 aromatic rings. The van der Waals surface area contributed by atoms with Gasteiger partial charge in [-0.1, -0.05) is 0 Å². The number of aromatic hydroxyl groups is 1. The fourth-order valence-corrected chi connectivity index (χ4v) is 3.59. The molecule has 5 rings (SSSR count). The number of aromatic nitrogens is 6. The molecule has 1 saturated heterocycles. The van der Waals surface area contributed by atoms with E-state index < -0.39 is 5.69 Å². The van der Waals surface area contributed by atoms with Crippen molar-refractivity contribution in [3.8, 4) is 11.9 Å². The molecular weight excluding hydrogens is 400 g/mol. The Balaban J connectivity index is 1.55. The van der Waals surface area contributed by atoms with Crippen LogP contribution in [0.2, 0.25) is 0 Å². The normalized spacial score (nSPS) is 18.7. The molecule has 0 aromatic carbocycles. The Morgan fingerprint density at radius 1 is 1.26 bits per heavy atom. The predicted molar refractivity (Wildman–Crippen MR) is 110 cm³/mol. The van der Waals surface area contributed by atoms with E-state index in [0.717, 1.165) is 45.6 Å². The second-order valence-electron chi connectivity index (χ2n) is 7.74. The van der Waals surface area contributed by atoms with Gasteiger partial charge < -0.3 is 15.0 Å². The number of piperazine rings is 1. The Bertz CT molecular complexity index is 1320. The van der Waals surface area contributed by atoms with Crippen molar-refractivity contribution in [3.63, 3.8) is 0 Å². The zero-order chi connectivity index (χ0) is 21.4. The Morgan fingerprint density at radius 2 is 2.06 bits per heavy atom. The van der Waals surface area contributed by atoms with E-state index in [1.54, 1.807) is 16.8 Å². The summed E-state index contributed by atoms with van der Waals surface area (Å²) in [5, 5.41) is 23.7.